The summed E-state index contributed by atoms with van der Waals surface area (Å²) in [6.07, 6.45) is -2.28. The summed E-state index contributed by atoms with van der Waals surface area (Å²) in [4.78, 5) is 33.1. The molecule has 3 aromatic rings. The number of anilines is 1. The number of nitrogens with zero attached hydrogens (tertiary/aromatic N) is 3. The Hall–Kier alpha value is -4.26. The van der Waals surface area contributed by atoms with Gasteiger partial charge in [0.25, 0.3) is 5.91 Å². The summed E-state index contributed by atoms with van der Waals surface area (Å²) >= 11 is 0. The number of aromatic nitrogens is 2. The molecular weight excluding hydrogens is 447 g/mol. The molecule has 2 N–H and O–H groups in total. The molecule has 0 radical (unpaired) electrons. The summed E-state index contributed by atoms with van der Waals surface area (Å²) in [5.41, 5.74) is 0.850. The van der Waals surface area contributed by atoms with Crippen LogP contribution in [0.1, 0.15) is 40.0 Å². The molecule has 7 nitrogen and oxygen atoms in total. The lowest BCUT2D eigenvalue weighted by molar-refractivity contribution is -0.137. The molecule has 10 heteroatoms. The van der Waals surface area contributed by atoms with Crippen LogP contribution in [0.25, 0.3) is 11.3 Å². The van der Waals surface area contributed by atoms with Crippen LogP contribution in [0.5, 0.6) is 0 Å². The van der Waals surface area contributed by atoms with Gasteiger partial charge >= 0.3 is 6.18 Å². The molecule has 1 saturated carbocycles. The van der Waals surface area contributed by atoms with Gasteiger partial charge in [0.05, 0.1) is 22.9 Å². The van der Waals surface area contributed by atoms with Crippen LogP contribution >= 0.6 is 0 Å². The second kappa shape index (κ2) is 9.31. The number of hydrogen-bond acceptors (Lipinski definition) is 5. The highest BCUT2D eigenvalue weighted by Crippen LogP contribution is 2.32. The van der Waals surface area contributed by atoms with E-state index in [1.165, 1.54) is 18.2 Å². The van der Waals surface area contributed by atoms with Crippen molar-refractivity contribution in [2.75, 3.05) is 5.32 Å². The van der Waals surface area contributed by atoms with E-state index in [9.17, 15) is 22.8 Å². The fraction of sp³-hybridized carbons (Fsp3) is 0.208. The summed E-state index contributed by atoms with van der Waals surface area (Å²) in [5, 5.41) is 14.3. The lowest BCUT2D eigenvalue weighted by atomic mass is 10.1. The van der Waals surface area contributed by atoms with E-state index < -0.39 is 17.6 Å². The Bertz CT molecular complexity index is 1260. The van der Waals surface area contributed by atoms with Crippen molar-refractivity contribution in [2.45, 2.75) is 25.6 Å². The Kier molecular flexibility index (Phi) is 6.27. The molecule has 1 aromatic carbocycles. The third kappa shape index (κ3) is 5.56. The number of pyridine rings is 2. The zero-order valence-corrected chi connectivity index (χ0v) is 17.7. The van der Waals surface area contributed by atoms with Crippen molar-refractivity contribution in [2.24, 2.45) is 5.92 Å². The molecule has 1 aliphatic rings. The van der Waals surface area contributed by atoms with Gasteiger partial charge in [-0.3, -0.25) is 14.6 Å². The molecule has 0 saturated heterocycles. The van der Waals surface area contributed by atoms with E-state index in [1.54, 1.807) is 24.3 Å². The van der Waals surface area contributed by atoms with Gasteiger partial charge in [0, 0.05) is 24.2 Å². The summed E-state index contributed by atoms with van der Waals surface area (Å²) in [7, 11) is 0. The molecule has 0 aliphatic heterocycles. The molecule has 2 amide bonds. The first kappa shape index (κ1) is 22.9. The lowest BCUT2D eigenvalue weighted by Crippen LogP contribution is -2.24. The van der Waals surface area contributed by atoms with Gasteiger partial charge in [0.1, 0.15) is 11.5 Å². The highest BCUT2D eigenvalue weighted by atomic mass is 19.4. The van der Waals surface area contributed by atoms with Gasteiger partial charge in [-0.25, -0.2) is 4.98 Å². The number of amides is 2. The molecule has 0 spiro atoms. The Morgan fingerprint density at radius 3 is 2.41 bits per heavy atom. The summed E-state index contributed by atoms with van der Waals surface area (Å²) in [5.74, 6) is -0.767. The minimum Gasteiger partial charge on any atom is -0.347 e. The topological polar surface area (TPSA) is 108 Å². The SMILES string of the molecule is N#Cc1ccc(CNC(=O)c2cc(-c3ccc(C(F)(F)F)cn3)cc(NC(=O)C3CC3)n2)cc1. The van der Waals surface area contributed by atoms with E-state index in [2.05, 4.69) is 20.6 Å². The highest BCUT2D eigenvalue weighted by Gasteiger charge is 2.31. The normalized spacial score (nSPS) is 13.1. The van der Waals surface area contributed by atoms with Crippen molar-refractivity contribution in [3.05, 3.63) is 77.1 Å². The average Bonchev–Trinajstić information content (AvgIpc) is 3.68. The van der Waals surface area contributed by atoms with Crippen molar-refractivity contribution < 1.29 is 22.8 Å². The predicted octanol–water partition coefficient (Wildman–Crippen LogP) is 4.31. The van der Waals surface area contributed by atoms with Gasteiger partial charge in [-0.2, -0.15) is 18.4 Å². The maximum Gasteiger partial charge on any atom is 0.417 e. The fourth-order valence-electron chi connectivity index (χ4n) is 3.13. The number of rotatable bonds is 6. The average molecular weight is 465 g/mol. The van der Waals surface area contributed by atoms with E-state index in [4.69, 9.17) is 5.26 Å². The number of nitrogens with one attached hydrogen (secondary N) is 2. The largest absolute Gasteiger partial charge is 0.417 e. The standard InChI is InChI=1S/C24H18F3N5O2/c25-24(26,27)18-7-8-19(29-13-18)17-9-20(31-21(10-17)32-22(33)16-5-6-16)23(34)30-12-15-3-1-14(11-28)2-4-15/h1-4,7-10,13,16H,5-6,12H2,(H,30,34)(H,31,32,33). The third-order valence-electron chi connectivity index (χ3n) is 5.18. The third-order valence-corrected chi connectivity index (χ3v) is 5.18. The van der Waals surface area contributed by atoms with Crippen LogP contribution in [0.4, 0.5) is 19.0 Å². The Balaban J connectivity index is 1.59. The van der Waals surface area contributed by atoms with Gasteiger partial charge in [-0.1, -0.05) is 12.1 Å². The van der Waals surface area contributed by atoms with Gasteiger partial charge in [-0.05, 0) is 54.8 Å². The Labute approximate surface area is 192 Å². The maximum atomic E-state index is 12.9. The Morgan fingerprint density at radius 1 is 1.09 bits per heavy atom. The molecule has 34 heavy (non-hydrogen) atoms. The number of carbonyl (C=O) groups is 2. The smallest absolute Gasteiger partial charge is 0.347 e. The number of carbonyl (C=O) groups excluding carboxylic acids is 2. The first-order valence-corrected chi connectivity index (χ1v) is 10.4. The van der Waals surface area contributed by atoms with E-state index in [-0.39, 0.29) is 35.6 Å². The van der Waals surface area contributed by atoms with Gasteiger partial charge in [-0.15, -0.1) is 0 Å². The monoisotopic (exact) mass is 465 g/mol. The molecule has 2 aromatic heterocycles. The van der Waals surface area contributed by atoms with E-state index in [0.717, 1.165) is 24.5 Å². The number of benzene rings is 1. The van der Waals surface area contributed by atoms with E-state index >= 15 is 0 Å². The first-order valence-electron chi connectivity index (χ1n) is 10.4. The van der Waals surface area contributed by atoms with Crippen LogP contribution in [-0.2, 0) is 17.5 Å². The van der Waals surface area contributed by atoms with Crippen LogP contribution < -0.4 is 10.6 Å². The van der Waals surface area contributed by atoms with Crippen molar-refractivity contribution in [3.63, 3.8) is 0 Å². The van der Waals surface area contributed by atoms with Crippen molar-refractivity contribution in [1.82, 2.24) is 15.3 Å². The number of hydrogen-bond donors (Lipinski definition) is 2. The van der Waals surface area contributed by atoms with Crippen LogP contribution in [0, 0.1) is 17.2 Å². The molecule has 1 fully saturated rings. The van der Waals surface area contributed by atoms with E-state index in [0.29, 0.717) is 17.3 Å². The first-order chi connectivity index (χ1) is 16.2. The summed E-state index contributed by atoms with van der Waals surface area (Å²) in [6, 6.07) is 13.6. The van der Waals surface area contributed by atoms with Crippen LogP contribution in [0.2, 0.25) is 0 Å². The molecule has 1 aliphatic carbocycles. The van der Waals surface area contributed by atoms with Crippen LogP contribution in [0.3, 0.4) is 0 Å². The van der Waals surface area contributed by atoms with Crippen molar-refractivity contribution in [1.29, 1.82) is 5.26 Å². The lowest BCUT2D eigenvalue weighted by Gasteiger charge is -2.11. The van der Waals surface area contributed by atoms with Gasteiger partial charge < -0.3 is 10.6 Å². The number of halogens is 3. The zero-order valence-electron chi connectivity index (χ0n) is 17.7. The zero-order chi connectivity index (χ0) is 24.3. The van der Waals surface area contributed by atoms with Crippen LogP contribution in [0.15, 0.2) is 54.7 Å². The Morgan fingerprint density at radius 2 is 1.82 bits per heavy atom. The van der Waals surface area contributed by atoms with Crippen LogP contribution in [-0.4, -0.2) is 21.8 Å². The minimum absolute atomic E-state index is 0.0288. The summed E-state index contributed by atoms with van der Waals surface area (Å²) in [6.45, 7) is 0.165. The second-order valence-corrected chi connectivity index (χ2v) is 7.81. The van der Waals surface area contributed by atoms with Crippen molar-refractivity contribution in [3.8, 4) is 17.3 Å². The predicted molar refractivity (Wildman–Crippen MR) is 116 cm³/mol. The molecule has 2 heterocycles. The summed E-state index contributed by atoms with van der Waals surface area (Å²) < 4.78 is 38.6. The molecular formula is C24H18F3N5O2. The molecule has 0 unspecified atom stereocenters. The fourth-order valence-corrected chi connectivity index (χ4v) is 3.13. The number of alkyl halides is 3. The number of nitriles is 1. The van der Waals surface area contributed by atoms with E-state index in [1.807, 2.05) is 6.07 Å². The second-order valence-electron chi connectivity index (χ2n) is 7.81. The molecule has 0 bridgehead atoms. The van der Waals surface area contributed by atoms with Gasteiger partial charge in [0.2, 0.25) is 5.91 Å². The van der Waals surface area contributed by atoms with Crippen molar-refractivity contribution >= 4 is 17.6 Å². The molecule has 0 atom stereocenters. The maximum absolute atomic E-state index is 12.9. The molecule has 172 valence electrons. The molecule has 4 rings (SSSR count). The van der Waals surface area contributed by atoms with Gasteiger partial charge in [0.15, 0.2) is 0 Å². The highest BCUT2D eigenvalue weighted by molar-refractivity contribution is 5.97. The minimum atomic E-state index is -4.52. The quantitative estimate of drug-likeness (QED) is 0.564.